The van der Waals surface area contributed by atoms with Crippen molar-refractivity contribution in [2.45, 2.75) is 53.1 Å². The van der Waals surface area contributed by atoms with Crippen LogP contribution in [0.3, 0.4) is 0 Å². The van der Waals surface area contributed by atoms with Crippen LogP contribution in [0.2, 0.25) is 0 Å². The van der Waals surface area contributed by atoms with Crippen LogP contribution in [0.1, 0.15) is 56.0 Å². The molecule has 1 aromatic rings. The summed E-state index contributed by atoms with van der Waals surface area (Å²) in [6, 6.07) is 7.37. The van der Waals surface area contributed by atoms with Gasteiger partial charge < -0.3 is 0 Å². The number of aryl methyl sites for hydroxylation is 1. The van der Waals surface area contributed by atoms with Gasteiger partial charge in [-0.25, -0.2) is 4.79 Å². The Kier molecular flexibility index (Phi) is 5.40. The van der Waals surface area contributed by atoms with E-state index in [1.807, 2.05) is 25.1 Å². The zero-order chi connectivity index (χ0) is 15.4. The molecule has 1 aliphatic carbocycles. The molecule has 1 aromatic carbocycles. The van der Waals surface area contributed by atoms with Gasteiger partial charge in [0.25, 0.3) is 0 Å². The molecule has 2 rings (SSSR count). The quantitative estimate of drug-likeness (QED) is 0.603. The average Bonchev–Trinajstić information content (AvgIpc) is 2.44. The van der Waals surface area contributed by atoms with E-state index < -0.39 is 5.97 Å². The molecule has 0 saturated heterocycles. The van der Waals surface area contributed by atoms with E-state index in [1.54, 1.807) is 6.07 Å². The molecule has 1 saturated carbocycles. The van der Waals surface area contributed by atoms with Gasteiger partial charge in [-0.1, -0.05) is 44.9 Å². The molecule has 3 unspecified atom stereocenters. The number of carbonyl (C=O) groups is 1. The fourth-order valence-corrected chi connectivity index (χ4v) is 3.15. The summed E-state index contributed by atoms with van der Waals surface area (Å²) in [7, 11) is 0. The van der Waals surface area contributed by atoms with E-state index in [4.69, 9.17) is 9.78 Å². The number of hydrogen-bond donors (Lipinski definition) is 0. The third-order valence-electron chi connectivity index (χ3n) is 4.46. The highest BCUT2D eigenvalue weighted by Gasteiger charge is 2.33. The maximum atomic E-state index is 12.1. The summed E-state index contributed by atoms with van der Waals surface area (Å²) in [5.41, 5.74) is 1.58. The minimum atomic E-state index is -0.403. The summed E-state index contributed by atoms with van der Waals surface area (Å²) >= 11 is 0. The van der Waals surface area contributed by atoms with Crippen LogP contribution >= 0.6 is 0 Å². The van der Waals surface area contributed by atoms with E-state index >= 15 is 0 Å². The summed E-state index contributed by atoms with van der Waals surface area (Å²) in [5.74, 6) is 1.23. The third-order valence-corrected chi connectivity index (χ3v) is 4.46. The molecule has 0 aliphatic heterocycles. The van der Waals surface area contributed by atoms with Crippen LogP contribution in [-0.2, 0) is 9.78 Å². The zero-order valence-electron chi connectivity index (χ0n) is 13.5. The number of carbonyl (C=O) groups excluding carboxylic acids is 1. The molecule has 0 heterocycles. The first-order chi connectivity index (χ1) is 9.97. The van der Waals surface area contributed by atoms with Gasteiger partial charge in [-0.3, -0.25) is 4.89 Å². The predicted octanol–water partition coefficient (Wildman–Crippen LogP) is 4.54. The SMILES string of the molecule is Cc1cccc(C(=O)OOC2CC(C)CCC2C(C)C)c1. The van der Waals surface area contributed by atoms with Crippen LogP contribution in [0.4, 0.5) is 0 Å². The lowest BCUT2D eigenvalue weighted by Crippen LogP contribution is -2.34. The molecule has 3 atom stereocenters. The van der Waals surface area contributed by atoms with Crippen LogP contribution < -0.4 is 0 Å². The van der Waals surface area contributed by atoms with Crippen LogP contribution in [-0.4, -0.2) is 12.1 Å². The van der Waals surface area contributed by atoms with E-state index in [0.29, 0.717) is 23.3 Å². The van der Waals surface area contributed by atoms with E-state index in [2.05, 4.69) is 20.8 Å². The molecule has 0 aromatic heterocycles. The second-order valence-corrected chi connectivity index (χ2v) is 6.70. The summed E-state index contributed by atoms with van der Waals surface area (Å²) < 4.78 is 0. The average molecular weight is 290 g/mol. The Hall–Kier alpha value is -1.35. The molecule has 0 bridgehead atoms. The number of rotatable bonds is 4. The molecule has 3 heteroatoms. The Bertz CT molecular complexity index is 481. The van der Waals surface area contributed by atoms with Crippen LogP contribution in [0.5, 0.6) is 0 Å². The lowest BCUT2D eigenvalue weighted by Gasteiger charge is -2.35. The molecule has 116 valence electrons. The first-order valence-corrected chi connectivity index (χ1v) is 7.91. The van der Waals surface area contributed by atoms with E-state index in [0.717, 1.165) is 18.4 Å². The second-order valence-electron chi connectivity index (χ2n) is 6.70. The summed E-state index contributed by atoms with van der Waals surface area (Å²) in [6.45, 7) is 8.60. The van der Waals surface area contributed by atoms with E-state index in [9.17, 15) is 4.79 Å². The first kappa shape index (κ1) is 16.0. The van der Waals surface area contributed by atoms with Crippen LogP contribution in [0, 0.1) is 24.7 Å². The van der Waals surface area contributed by atoms with E-state index in [-0.39, 0.29) is 6.10 Å². The number of hydrogen-bond acceptors (Lipinski definition) is 3. The molecular weight excluding hydrogens is 264 g/mol. The zero-order valence-corrected chi connectivity index (χ0v) is 13.5. The fourth-order valence-electron chi connectivity index (χ4n) is 3.15. The van der Waals surface area contributed by atoms with Crippen molar-refractivity contribution in [3.05, 3.63) is 35.4 Å². The Labute approximate surface area is 127 Å². The topological polar surface area (TPSA) is 35.5 Å². The Morgan fingerprint density at radius 1 is 1.29 bits per heavy atom. The van der Waals surface area contributed by atoms with Crippen LogP contribution in [0.15, 0.2) is 24.3 Å². The van der Waals surface area contributed by atoms with Gasteiger partial charge in [-0.05, 0) is 49.7 Å². The maximum Gasteiger partial charge on any atom is 0.373 e. The highest BCUT2D eigenvalue weighted by molar-refractivity contribution is 5.89. The predicted molar refractivity (Wildman–Crippen MR) is 82.8 cm³/mol. The summed E-state index contributed by atoms with van der Waals surface area (Å²) in [4.78, 5) is 22.7. The lowest BCUT2D eigenvalue weighted by atomic mass is 9.75. The summed E-state index contributed by atoms with van der Waals surface area (Å²) in [6.07, 6.45) is 3.35. The standard InChI is InChI=1S/C18H26O3/c1-12(2)16-9-8-14(4)11-17(16)20-21-18(19)15-7-5-6-13(3)10-15/h5-7,10,12,14,16-17H,8-9,11H2,1-4H3. The van der Waals surface area contributed by atoms with Crippen molar-refractivity contribution < 1.29 is 14.6 Å². The van der Waals surface area contributed by atoms with Crippen molar-refractivity contribution in [3.63, 3.8) is 0 Å². The van der Waals surface area contributed by atoms with Crippen LogP contribution in [0.25, 0.3) is 0 Å². The minimum absolute atomic E-state index is 0.0162. The van der Waals surface area contributed by atoms with Crippen molar-refractivity contribution in [1.82, 2.24) is 0 Å². The molecule has 0 spiro atoms. The smallest absolute Gasteiger partial charge is 0.293 e. The third kappa shape index (κ3) is 4.31. The molecule has 0 amide bonds. The highest BCUT2D eigenvalue weighted by atomic mass is 17.2. The molecule has 1 aliphatic rings. The van der Waals surface area contributed by atoms with Crippen molar-refractivity contribution in [1.29, 1.82) is 0 Å². The number of benzene rings is 1. The van der Waals surface area contributed by atoms with Gasteiger partial charge in [0.1, 0.15) is 6.10 Å². The van der Waals surface area contributed by atoms with Gasteiger partial charge in [0.15, 0.2) is 0 Å². The molecule has 21 heavy (non-hydrogen) atoms. The second kappa shape index (κ2) is 7.08. The van der Waals surface area contributed by atoms with Gasteiger partial charge in [-0.15, -0.1) is 0 Å². The lowest BCUT2D eigenvalue weighted by molar-refractivity contribution is -0.296. The van der Waals surface area contributed by atoms with Crippen molar-refractivity contribution in [3.8, 4) is 0 Å². The summed E-state index contributed by atoms with van der Waals surface area (Å²) in [5, 5.41) is 0. The van der Waals surface area contributed by atoms with Crippen molar-refractivity contribution in [2.24, 2.45) is 17.8 Å². The fraction of sp³-hybridized carbons (Fsp3) is 0.611. The maximum absolute atomic E-state index is 12.1. The largest absolute Gasteiger partial charge is 0.373 e. The molecule has 0 radical (unpaired) electrons. The van der Waals surface area contributed by atoms with Gasteiger partial charge >= 0.3 is 5.97 Å². The normalized spacial score (nSPS) is 25.9. The van der Waals surface area contributed by atoms with Crippen molar-refractivity contribution in [2.75, 3.05) is 0 Å². The Balaban J connectivity index is 1.95. The Morgan fingerprint density at radius 3 is 2.71 bits per heavy atom. The minimum Gasteiger partial charge on any atom is -0.293 e. The highest BCUT2D eigenvalue weighted by Crippen LogP contribution is 2.35. The monoisotopic (exact) mass is 290 g/mol. The van der Waals surface area contributed by atoms with E-state index in [1.165, 1.54) is 6.42 Å². The van der Waals surface area contributed by atoms with Gasteiger partial charge in [0.2, 0.25) is 0 Å². The van der Waals surface area contributed by atoms with Crippen molar-refractivity contribution >= 4 is 5.97 Å². The van der Waals surface area contributed by atoms with Gasteiger partial charge in [0, 0.05) is 0 Å². The molecule has 3 nitrogen and oxygen atoms in total. The Morgan fingerprint density at radius 2 is 2.05 bits per heavy atom. The van der Waals surface area contributed by atoms with Gasteiger partial charge in [0.05, 0.1) is 5.56 Å². The molecule has 0 N–H and O–H groups in total. The first-order valence-electron chi connectivity index (χ1n) is 7.91. The molecular formula is C18H26O3. The molecule has 1 fully saturated rings. The van der Waals surface area contributed by atoms with Gasteiger partial charge in [-0.2, -0.15) is 4.89 Å².